The molecule has 0 spiro atoms. The van der Waals surface area contributed by atoms with E-state index < -0.39 is 42.6 Å². The summed E-state index contributed by atoms with van der Waals surface area (Å²) in [5.41, 5.74) is 0.241. The summed E-state index contributed by atoms with van der Waals surface area (Å²) >= 11 is 6.08. The minimum Gasteiger partial charge on any atom is -0.329 e. The standard InChI is InChI=1S/C18H19ClFN3O5S2/c1-2-30(27,28)18-21-9-15(19)16(22-18)17(24)23(14-7-8-29(25,26)11-14)10-12-3-5-13(20)6-4-12/h3-6,9,14H,2,7-8,10-11H2,1H3. The zero-order valence-electron chi connectivity index (χ0n) is 16.0. The zero-order chi connectivity index (χ0) is 22.1. The summed E-state index contributed by atoms with van der Waals surface area (Å²) in [6, 6.07) is 4.77. The number of halogens is 2. The van der Waals surface area contributed by atoms with Crippen LogP contribution in [0.4, 0.5) is 4.39 Å². The molecule has 8 nitrogen and oxygen atoms in total. The Hall–Kier alpha value is -2.11. The average Bonchev–Trinajstić information content (AvgIpc) is 3.06. The van der Waals surface area contributed by atoms with Crippen molar-refractivity contribution in [3.05, 3.63) is 52.6 Å². The molecule has 1 unspecified atom stereocenters. The summed E-state index contributed by atoms with van der Waals surface area (Å²) in [6.07, 6.45) is 1.25. The monoisotopic (exact) mass is 475 g/mol. The van der Waals surface area contributed by atoms with Gasteiger partial charge in [-0.15, -0.1) is 0 Å². The van der Waals surface area contributed by atoms with Crippen molar-refractivity contribution in [2.75, 3.05) is 17.3 Å². The summed E-state index contributed by atoms with van der Waals surface area (Å²) in [4.78, 5) is 22.1. The van der Waals surface area contributed by atoms with Crippen molar-refractivity contribution in [1.29, 1.82) is 0 Å². The van der Waals surface area contributed by atoms with E-state index in [4.69, 9.17) is 11.6 Å². The summed E-state index contributed by atoms with van der Waals surface area (Å²) in [5.74, 6) is -1.74. The van der Waals surface area contributed by atoms with Crippen LogP contribution >= 0.6 is 11.6 Å². The molecule has 2 heterocycles. The second kappa shape index (κ2) is 8.56. The van der Waals surface area contributed by atoms with Crippen LogP contribution in [-0.4, -0.2) is 60.9 Å². The highest BCUT2D eigenvalue weighted by atomic mass is 35.5. The van der Waals surface area contributed by atoms with Crippen molar-refractivity contribution in [1.82, 2.24) is 14.9 Å². The first kappa shape index (κ1) is 22.6. The van der Waals surface area contributed by atoms with E-state index in [1.807, 2.05) is 0 Å². The quantitative estimate of drug-likeness (QED) is 0.586. The van der Waals surface area contributed by atoms with Crippen molar-refractivity contribution in [3.63, 3.8) is 0 Å². The summed E-state index contributed by atoms with van der Waals surface area (Å²) in [7, 11) is -7.10. The maximum Gasteiger partial charge on any atom is 0.274 e. The van der Waals surface area contributed by atoms with Gasteiger partial charge in [-0.2, -0.15) is 0 Å². The van der Waals surface area contributed by atoms with Crippen LogP contribution < -0.4 is 0 Å². The number of hydrogen-bond acceptors (Lipinski definition) is 7. The second-order valence-corrected chi connectivity index (χ2v) is 11.7. The highest BCUT2D eigenvalue weighted by Crippen LogP contribution is 2.25. The third kappa shape index (κ3) is 4.96. The van der Waals surface area contributed by atoms with Crippen molar-refractivity contribution < 1.29 is 26.0 Å². The highest BCUT2D eigenvalue weighted by molar-refractivity contribution is 7.91. The molecule has 1 aromatic heterocycles. The van der Waals surface area contributed by atoms with E-state index in [0.29, 0.717) is 5.56 Å². The Bertz CT molecular complexity index is 1170. The van der Waals surface area contributed by atoms with Crippen LogP contribution in [0.2, 0.25) is 5.02 Å². The lowest BCUT2D eigenvalue weighted by Crippen LogP contribution is -2.41. The van der Waals surface area contributed by atoms with E-state index in [1.54, 1.807) is 0 Å². The van der Waals surface area contributed by atoms with Crippen LogP contribution in [0.1, 0.15) is 29.4 Å². The predicted molar refractivity (Wildman–Crippen MR) is 108 cm³/mol. The number of sulfone groups is 2. The van der Waals surface area contributed by atoms with E-state index >= 15 is 0 Å². The van der Waals surface area contributed by atoms with E-state index in [9.17, 15) is 26.0 Å². The first-order valence-corrected chi connectivity index (χ1v) is 12.9. The molecule has 1 saturated heterocycles. The number of hydrogen-bond donors (Lipinski definition) is 0. The maximum atomic E-state index is 13.3. The van der Waals surface area contributed by atoms with Gasteiger partial charge in [-0.1, -0.05) is 30.7 Å². The number of rotatable bonds is 6. The molecule has 1 amide bonds. The normalized spacial score (nSPS) is 18.3. The van der Waals surface area contributed by atoms with Gasteiger partial charge in [0.2, 0.25) is 15.0 Å². The van der Waals surface area contributed by atoms with Crippen molar-refractivity contribution in [2.24, 2.45) is 0 Å². The number of benzene rings is 1. The van der Waals surface area contributed by atoms with Gasteiger partial charge in [0, 0.05) is 12.6 Å². The molecule has 0 aliphatic carbocycles. The molecule has 1 aliphatic heterocycles. The SMILES string of the molecule is CCS(=O)(=O)c1ncc(Cl)c(C(=O)N(Cc2ccc(F)cc2)C2CCS(=O)(=O)C2)n1. The van der Waals surface area contributed by atoms with E-state index in [2.05, 4.69) is 9.97 Å². The number of nitrogens with zero attached hydrogens (tertiary/aromatic N) is 3. The van der Waals surface area contributed by atoms with Crippen LogP contribution in [-0.2, 0) is 26.2 Å². The fraction of sp³-hybridized carbons (Fsp3) is 0.389. The molecule has 12 heteroatoms. The zero-order valence-corrected chi connectivity index (χ0v) is 18.3. The Labute approximate surface area is 178 Å². The summed E-state index contributed by atoms with van der Waals surface area (Å²) in [5, 5.41) is -0.682. The second-order valence-electron chi connectivity index (χ2n) is 6.87. The Kier molecular flexibility index (Phi) is 6.44. The van der Waals surface area contributed by atoms with Gasteiger partial charge in [0.25, 0.3) is 5.91 Å². The van der Waals surface area contributed by atoms with Gasteiger partial charge in [-0.25, -0.2) is 31.2 Å². The Morgan fingerprint density at radius 1 is 1.30 bits per heavy atom. The van der Waals surface area contributed by atoms with E-state index in [0.717, 1.165) is 6.20 Å². The van der Waals surface area contributed by atoms with Crippen LogP contribution in [0.5, 0.6) is 0 Å². The van der Waals surface area contributed by atoms with Gasteiger partial charge in [0.1, 0.15) is 5.82 Å². The minimum absolute atomic E-state index is 0.0184. The van der Waals surface area contributed by atoms with Crippen LogP contribution in [0.25, 0.3) is 0 Å². The Morgan fingerprint density at radius 2 is 1.97 bits per heavy atom. The first-order chi connectivity index (χ1) is 14.0. The molecule has 30 heavy (non-hydrogen) atoms. The first-order valence-electron chi connectivity index (χ1n) is 9.03. The van der Waals surface area contributed by atoms with Gasteiger partial charge in [-0.05, 0) is 24.1 Å². The van der Waals surface area contributed by atoms with Crippen LogP contribution in [0, 0.1) is 5.82 Å². The average molecular weight is 476 g/mol. The maximum absolute atomic E-state index is 13.3. The van der Waals surface area contributed by atoms with Gasteiger partial charge in [0.05, 0.1) is 28.5 Å². The van der Waals surface area contributed by atoms with Gasteiger partial charge >= 0.3 is 0 Å². The molecule has 0 bridgehead atoms. The Balaban J connectivity index is 2.01. The number of carbonyl (C=O) groups is 1. The lowest BCUT2D eigenvalue weighted by Gasteiger charge is -2.28. The largest absolute Gasteiger partial charge is 0.329 e. The highest BCUT2D eigenvalue weighted by Gasteiger charge is 2.36. The summed E-state index contributed by atoms with van der Waals surface area (Å²) in [6.45, 7) is 1.40. The van der Waals surface area contributed by atoms with Gasteiger partial charge in [-0.3, -0.25) is 4.79 Å². The number of carbonyl (C=O) groups excluding carboxylic acids is 1. The van der Waals surface area contributed by atoms with Crippen LogP contribution in [0.3, 0.4) is 0 Å². The lowest BCUT2D eigenvalue weighted by molar-refractivity contribution is 0.0674. The minimum atomic E-state index is -3.79. The molecule has 162 valence electrons. The topological polar surface area (TPSA) is 114 Å². The molecule has 2 aromatic rings. The van der Waals surface area contributed by atoms with Crippen molar-refractivity contribution >= 4 is 37.2 Å². The number of aromatic nitrogens is 2. The Morgan fingerprint density at radius 3 is 2.53 bits per heavy atom. The third-order valence-electron chi connectivity index (χ3n) is 4.76. The van der Waals surface area contributed by atoms with E-state index in [1.165, 1.54) is 36.1 Å². The van der Waals surface area contributed by atoms with Crippen LogP contribution in [0.15, 0.2) is 35.6 Å². The van der Waals surface area contributed by atoms with Crippen molar-refractivity contribution in [3.8, 4) is 0 Å². The fourth-order valence-corrected chi connectivity index (χ4v) is 5.69. The predicted octanol–water partition coefficient (Wildman–Crippen LogP) is 1.89. The molecule has 3 rings (SSSR count). The van der Waals surface area contributed by atoms with Crippen molar-refractivity contribution in [2.45, 2.75) is 31.1 Å². The molecule has 0 N–H and O–H groups in total. The number of amides is 1. The molecule has 0 saturated carbocycles. The third-order valence-corrected chi connectivity index (χ3v) is 8.30. The van der Waals surface area contributed by atoms with E-state index in [-0.39, 0.29) is 40.9 Å². The van der Waals surface area contributed by atoms with Gasteiger partial charge in [0.15, 0.2) is 15.5 Å². The lowest BCUT2D eigenvalue weighted by atomic mass is 10.1. The summed E-state index contributed by atoms with van der Waals surface area (Å²) < 4.78 is 61.4. The molecule has 1 aromatic carbocycles. The molecule has 1 aliphatic rings. The van der Waals surface area contributed by atoms with Gasteiger partial charge < -0.3 is 4.90 Å². The molecular weight excluding hydrogens is 457 g/mol. The molecular formula is C18H19ClFN3O5S2. The molecule has 0 radical (unpaired) electrons. The smallest absolute Gasteiger partial charge is 0.274 e. The molecule has 1 atom stereocenters. The fourth-order valence-electron chi connectivity index (χ4n) is 3.09. The molecule has 1 fully saturated rings.